The van der Waals surface area contributed by atoms with Crippen LogP contribution in [0.2, 0.25) is 0 Å². The molecule has 0 radical (unpaired) electrons. The molecule has 6 rings (SSSR count). The van der Waals surface area contributed by atoms with Gasteiger partial charge in [-0.25, -0.2) is 9.97 Å². The van der Waals surface area contributed by atoms with E-state index in [1.165, 1.54) is 5.56 Å². The first kappa shape index (κ1) is 25.5. The van der Waals surface area contributed by atoms with Gasteiger partial charge in [0, 0.05) is 68.6 Å². The zero-order valence-electron chi connectivity index (χ0n) is 22.3. The number of ether oxygens (including phenoxy) is 2. The highest BCUT2D eigenvalue weighted by Gasteiger charge is 2.22. The smallest absolute Gasteiger partial charge is 0.270 e. The lowest BCUT2D eigenvalue weighted by Crippen LogP contribution is -2.47. The Morgan fingerprint density at radius 3 is 2.74 bits per heavy atom. The van der Waals surface area contributed by atoms with Gasteiger partial charge in [0.25, 0.3) is 5.91 Å². The predicted molar refractivity (Wildman–Crippen MR) is 149 cm³/mol. The number of fused-ring (bicyclic) bond motifs is 1. The van der Waals surface area contributed by atoms with Gasteiger partial charge in [0.05, 0.1) is 17.5 Å². The number of H-pyrrole nitrogens is 1. The van der Waals surface area contributed by atoms with Crippen LogP contribution in [0.15, 0.2) is 54.9 Å². The average molecular weight is 527 g/mol. The molecule has 5 heterocycles. The van der Waals surface area contributed by atoms with Crippen molar-refractivity contribution in [2.24, 2.45) is 0 Å². The number of hydrogen-bond donors (Lipinski definition) is 1. The Hall–Kier alpha value is -3.82. The van der Waals surface area contributed by atoms with Crippen LogP contribution in [0.4, 0.5) is 0 Å². The van der Waals surface area contributed by atoms with Gasteiger partial charge in [0.15, 0.2) is 0 Å². The number of carbonyl (C=O) groups excluding carboxylic acids is 1. The van der Waals surface area contributed by atoms with Crippen molar-refractivity contribution in [2.75, 3.05) is 46.4 Å². The average Bonchev–Trinajstić information content (AvgIpc) is 3.65. The van der Waals surface area contributed by atoms with Gasteiger partial charge in [-0.1, -0.05) is 6.07 Å². The second-order valence-electron chi connectivity index (χ2n) is 10.4. The molecule has 0 bridgehead atoms. The normalized spacial score (nSPS) is 18.1. The maximum Gasteiger partial charge on any atom is 0.270 e. The largest absolute Gasteiger partial charge is 0.491 e. The highest BCUT2D eigenvalue weighted by atomic mass is 16.5. The van der Waals surface area contributed by atoms with E-state index < -0.39 is 0 Å². The number of nitrogens with zero attached hydrogens (tertiary/aromatic N) is 5. The van der Waals surface area contributed by atoms with Crippen LogP contribution in [0.1, 0.15) is 34.7 Å². The minimum absolute atomic E-state index is 0.0704. The van der Waals surface area contributed by atoms with E-state index in [0.29, 0.717) is 18.7 Å². The van der Waals surface area contributed by atoms with E-state index >= 15 is 0 Å². The van der Waals surface area contributed by atoms with Gasteiger partial charge in [-0.2, -0.15) is 0 Å². The summed E-state index contributed by atoms with van der Waals surface area (Å²) in [6.07, 6.45) is 7.33. The van der Waals surface area contributed by atoms with Gasteiger partial charge in [-0.05, 0) is 62.2 Å². The van der Waals surface area contributed by atoms with Crippen molar-refractivity contribution in [2.45, 2.75) is 31.8 Å². The zero-order valence-corrected chi connectivity index (χ0v) is 22.3. The number of aromatic amines is 1. The topological polar surface area (TPSA) is 96.5 Å². The molecular formula is C30H34N6O3. The first-order chi connectivity index (χ1) is 19.1. The highest BCUT2D eigenvalue weighted by molar-refractivity contribution is 5.98. The number of pyridine rings is 1. The molecule has 2 aliphatic rings. The maximum absolute atomic E-state index is 13.0. The molecule has 9 heteroatoms. The summed E-state index contributed by atoms with van der Waals surface area (Å²) < 4.78 is 11.6. The van der Waals surface area contributed by atoms with Crippen LogP contribution in [-0.4, -0.2) is 88.2 Å². The van der Waals surface area contributed by atoms with E-state index in [1.807, 2.05) is 29.2 Å². The van der Waals surface area contributed by atoms with Crippen molar-refractivity contribution >= 4 is 16.8 Å². The summed E-state index contributed by atoms with van der Waals surface area (Å²) in [6.45, 7) is 4.70. The SMILES string of the molecule is CN1CCN(C(=O)c2cc3cc(CCc4nccc(-c5cc(OCC6CCCO6)ccn5)n4)ccc3[nH]2)CC1. The number of piperazine rings is 1. The lowest BCUT2D eigenvalue weighted by Gasteiger charge is -2.32. The van der Waals surface area contributed by atoms with Crippen molar-refractivity contribution < 1.29 is 14.3 Å². The van der Waals surface area contributed by atoms with Gasteiger partial charge >= 0.3 is 0 Å². The third kappa shape index (κ3) is 6.10. The van der Waals surface area contributed by atoms with Gasteiger partial charge in [0.1, 0.15) is 23.9 Å². The summed E-state index contributed by atoms with van der Waals surface area (Å²) in [5, 5.41) is 1.05. The molecule has 2 aliphatic heterocycles. The Morgan fingerprint density at radius 2 is 1.90 bits per heavy atom. The third-order valence-electron chi connectivity index (χ3n) is 7.50. The minimum Gasteiger partial charge on any atom is -0.491 e. The summed E-state index contributed by atoms with van der Waals surface area (Å²) in [7, 11) is 2.09. The van der Waals surface area contributed by atoms with Crippen LogP contribution in [-0.2, 0) is 17.6 Å². The molecule has 9 nitrogen and oxygen atoms in total. The molecule has 1 unspecified atom stereocenters. The molecule has 0 spiro atoms. The summed E-state index contributed by atoms with van der Waals surface area (Å²) in [6, 6.07) is 13.9. The predicted octanol–water partition coefficient (Wildman–Crippen LogP) is 3.75. The number of aromatic nitrogens is 4. The van der Waals surface area contributed by atoms with Gasteiger partial charge in [-0.15, -0.1) is 0 Å². The van der Waals surface area contributed by atoms with Gasteiger partial charge in [-0.3, -0.25) is 9.78 Å². The maximum atomic E-state index is 13.0. The fourth-order valence-electron chi connectivity index (χ4n) is 5.16. The number of carbonyl (C=O) groups is 1. The Kier molecular flexibility index (Phi) is 7.51. The lowest BCUT2D eigenvalue weighted by atomic mass is 10.1. The summed E-state index contributed by atoms with van der Waals surface area (Å²) in [4.78, 5) is 34.2. The molecule has 3 aromatic heterocycles. The van der Waals surface area contributed by atoms with E-state index in [-0.39, 0.29) is 12.0 Å². The quantitative estimate of drug-likeness (QED) is 0.374. The van der Waals surface area contributed by atoms with Crippen molar-refractivity contribution in [3.8, 4) is 17.1 Å². The molecule has 39 heavy (non-hydrogen) atoms. The fourth-order valence-corrected chi connectivity index (χ4v) is 5.16. The van der Waals surface area contributed by atoms with Gasteiger partial charge in [0.2, 0.25) is 0 Å². The molecule has 202 valence electrons. The summed E-state index contributed by atoms with van der Waals surface area (Å²) in [5.41, 5.74) is 4.33. The van der Waals surface area contributed by atoms with E-state index in [9.17, 15) is 4.79 Å². The minimum atomic E-state index is 0.0704. The number of benzene rings is 1. The van der Waals surface area contributed by atoms with Crippen molar-refractivity contribution in [3.63, 3.8) is 0 Å². The fraction of sp³-hybridized carbons (Fsp3) is 0.400. The van der Waals surface area contributed by atoms with Crippen molar-refractivity contribution in [1.82, 2.24) is 29.7 Å². The van der Waals surface area contributed by atoms with Crippen LogP contribution < -0.4 is 4.74 Å². The third-order valence-corrected chi connectivity index (χ3v) is 7.50. The Labute approximate surface area is 228 Å². The van der Waals surface area contributed by atoms with Crippen LogP contribution >= 0.6 is 0 Å². The Bertz CT molecular complexity index is 1440. The summed E-state index contributed by atoms with van der Waals surface area (Å²) in [5.74, 6) is 1.60. The molecule has 2 fully saturated rings. The number of amides is 1. The first-order valence-corrected chi connectivity index (χ1v) is 13.7. The second-order valence-corrected chi connectivity index (χ2v) is 10.4. The zero-order chi connectivity index (χ0) is 26.6. The molecule has 0 saturated carbocycles. The van der Waals surface area contributed by atoms with Gasteiger partial charge < -0.3 is 24.3 Å². The number of aryl methyl sites for hydroxylation is 2. The molecular weight excluding hydrogens is 492 g/mol. The standard InChI is InChI=1S/C30H34N6O3/c1-35-12-14-36(15-13-35)30(37)28-18-22-17-21(4-6-25(22)33-28)5-7-29-32-11-9-26(34-29)27-19-23(8-10-31-27)39-20-24-3-2-16-38-24/h4,6,8-11,17-19,24,33H,2-3,5,7,12-16,20H2,1H3. The van der Waals surface area contributed by atoms with E-state index in [2.05, 4.69) is 45.1 Å². The van der Waals surface area contributed by atoms with E-state index in [1.54, 1.807) is 12.4 Å². The molecule has 1 aromatic carbocycles. The van der Waals surface area contributed by atoms with E-state index in [4.69, 9.17) is 14.5 Å². The van der Waals surface area contributed by atoms with Crippen LogP contribution in [0.5, 0.6) is 5.75 Å². The number of rotatable bonds is 8. The second kappa shape index (κ2) is 11.5. The monoisotopic (exact) mass is 526 g/mol. The molecule has 1 amide bonds. The van der Waals surface area contributed by atoms with Crippen LogP contribution in [0.25, 0.3) is 22.3 Å². The Morgan fingerprint density at radius 1 is 1.03 bits per heavy atom. The molecule has 0 aliphatic carbocycles. The number of likely N-dealkylation sites (N-methyl/N-ethyl adjacent to an activating group) is 1. The number of hydrogen-bond acceptors (Lipinski definition) is 7. The summed E-state index contributed by atoms with van der Waals surface area (Å²) >= 11 is 0. The molecule has 1 atom stereocenters. The molecule has 4 aromatic rings. The van der Waals surface area contributed by atoms with Crippen LogP contribution in [0, 0.1) is 0 Å². The number of nitrogens with one attached hydrogen (secondary N) is 1. The van der Waals surface area contributed by atoms with Crippen molar-refractivity contribution in [1.29, 1.82) is 0 Å². The highest BCUT2D eigenvalue weighted by Crippen LogP contribution is 2.23. The van der Waals surface area contributed by atoms with Crippen LogP contribution in [0.3, 0.4) is 0 Å². The first-order valence-electron chi connectivity index (χ1n) is 13.7. The molecule has 2 saturated heterocycles. The van der Waals surface area contributed by atoms with E-state index in [0.717, 1.165) is 85.9 Å². The molecule has 1 N–H and O–H groups in total. The Balaban J connectivity index is 1.10. The lowest BCUT2D eigenvalue weighted by molar-refractivity contribution is 0.0659. The van der Waals surface area contributed by atoms with Crippen molar-refractivity contribution in [3.05, 3.63) is 71.9 Å².